The van der Waals surface area contributed by atoms with E-state index in [0.29, 0.717) is 6.04 Å². The second-order valence-electron chi connectivity index (χ2n) is 6.11. The van der Waals surface area contributed by atoms with Crippen molar-refractivity contribution in [1.82, 2.24) is 10.2 Å². The van der Waals surface area contributed by atoms with Gasteiger partial charge in [-0.15, -0.1) is 0 Å². The molecule has 2 heterocycles. The molecular formula is C17H26N2. The van der Waals surface area contributed by atoms with Gasteiger partial charge >= 0.3 is 0 Å². The summed E-state index contributed by atoms with van der Waals surface area (Å²) < 4.78 is 0. The van der Waals surface area contributed by atoms with Crippen molar-refractivity contribution in [2.75, 3.05) is 26.2 Å². The zero-order chi connectivity index (χ0) is 12.9. The lowest BCUT2D eigenvalue weighted by Crippen LogP contribution is -2.33. The summed E-state index contributed by atoms with van der Waals surface area (Å²) in [6.45, 7) is 5.04. The zero-order valence-electron chi connectivity index (χ0n) is 11.9. The van der Waals surface area contributed by atoms with E-state index in [0.717, 1.165) is 5.92 Å². The average Bonchev–Trinajstić information content (AvgIpc) is 2.95. The fraction of sp³-hybridized carbons (Fsp3) is 0.647. The van der Waals surface area contributed by atoms with E-state index in [2.05, 4.69) is 40.5 Å². The van der Waals surface area contributed by atoms with Crippen LogP contribution in [0.25, 0.3) is 0 Å². The Balaban J connectivity index is 1.54. The van der Waals surface area contributed by atoms with E-state index in [9.17, 15) is 0 Å². The lowest BCUT2D eigenvalue weighted by molar-refractivity contribution is 0.224. The van der Waals surface area contributed by atoms with Crippen LogP contribution < -0.4 is 5.32 Å². The Labute approximate surface area is 117 Å². The van der Waals surface area contributed by atoms with Gasteiger partial charge in [-0.2, -0.15) is 0 Å². The summed E-state index contributed by atoms with van der Waals surface area (Å²) in [5.74, 6) is 0.908. The first-order chi connectivity index (χ1) is 9.43. The largest absolute Gasteiger partial charge is 0.316 e. The number of likely N-dealkylation sites (tertiary alicyclic amines) is 1. The number of hydrogen-bond acceptors (Lipinski definition) is 2. The summed E-state index contributed by atoms with van der Waals surface area (Å²) in [6, 6.07) is 11.7. The summed E-state index contributed by atoms with van der Waals surface area (Å²) in [4.78, 5) is 2.71. The molecule has 2 aliphatic rings. The Kier molecular flexibility index (Phi) is 4.52. The molecule has 2 aliphatic heterocycles. The SMILES string of the molecule is c1ccc(C2CCCN2CCC2CCCNC2)cc1. The molecule has 2 fully saturated rings. The molecule has 1 aromatic rings. The summed E-state index contributed by atoms with van der Waals surface area (Å²) in [6.07, 6.45) is 6.87. The van der Waals surface area contributed by atoms with Crippen LogP contribution in [0.1, 0.15) is 43.7 Å². The molecule has 19 heavy (non-hydrogen) atoms. The first kappa shape index (κ1) is 13.1. The van der Waals surface area contributed by atoms with Crippen LogP contribution in [0.3, 0.4) is 0 Å². The normalized spacial score (nSPS) is 28.6. The molecule has 0 aromatic heterocycles. The Hall–Kier alpha value is -0.860. The molecule has 1 N–H and O–H groups in total. The minimum Gasteiger partial charge on any atom is -0.316 e. The molecule has 0 saturated carbocycles. The van der Waals surface area contributed by atoms with Crippen LogP contribution in [-0.2, 0) is 0 Å². The van der Waals surface area contributed by atoms with Crippen LogP contribution in [0.2, 0.25) is 0 Å². The van der Waals surface area contributed by atoms with E-state index >= 15 is 0 Å². The van der Waals surface area contributed by atoms with Gasteiger partial charge in [-0.3, -0.25) is 4.90 Å². The number of nitrogens with one attached hydrogen (secondary N) is 1. The summed E-state index contributed by atoms with van der Waals surface area (Å²) in [5.41, 5.74) is 1.52. The highest BCUT2D eigenvalue weighted by molar-refractivity contribution is 5.19. The topological polar surface area (TPSA) is 15.3 Å². The number of hydrogen-bond donors (Lipinski definition) is 1. The van der Waals surface area contributed by atoms with Gasteiger partial charge in [-0.1, -0.05) is 30.3 Å². The monoisotopic (exact) mass is 258 g/mol. The van der Waals surface area contributed by atoms with Crippen molar-refractivity contribution in [2.24, 2.45) is 5.92 Å². The van der Waals surface area contributed by atoms with Gasteiger partial charge in [0.2, 0.25) is 0 Å². The number of nitrogens with zero attached hydrogens (tertiary/aromatic N) is 1. The van der Waals surface area contributed by atoms with Crippen molar-refractivity contribution in [1.29, 1.82) is 0 Å². The molecule has 3 rings (SSSR count). The Bertz CT molecular complexity index is 370. The van der Waals surface area contributed by atoms with Crippen LogP contribution in [0.15, 0.2) is 30.3 Å². The molecule has 2 unspecified atom stereocenters. The molecule has 2 saturated heterocycles. The third-order valence-corrected chi connectivity index (χ3v) is 4.77. The van der Waals surface area contributed by atoms with Crippen molar-refractivity contribution in [3.63, 3.8) is 0 Å². The van der Waals surface area contributed by atoms with Gasteiger partial charge in [0.05, 0.1) is 0 Å². The number of rotatable bonds is 4. The fourth-order valence-electron chi connectivity index (χ4n) is 3.67. The van der Waals surface area contributed by atoms with Crippen LogP contribution in [0, 0.1) is 5.92 Å². The van der Waals surface area contributed by atoms with E-state index in [1.54, 1.807) is 0 Å². The molecular weight excluding hydrogens is 232 g/mol. The predicted octanol–water partition coefficient (Wildman–Crippen LogP) is 3.21. The maximum Gasteiger partial charge on any atom is 0.0348 e. The summed E-state index contributed by atoms with van der Waals surface area (Å²) in [5, 5.41) is 3.53. The molecule has 1 aromatic carbocycles. The zero-order valence-corrected chi connectivity index (χ0v) is 11.9. The standard InChI is InChI=1S/C17H26N2/c1-2-7-16(8-3-1)17-9-5-12-19(17)13-10-15-6-4-11-18-14-15/h1-3,7-8,15,17-18H,4-6,9-14H2. The van der Waals surface area contributed by atoms with Crippen LogP contribution in [-0.4, -0.2) is 31.1 Å². The molecule has 2 heteroatoms. The molecule has 0 spiro atoms. The summed E-state index contributed by atoms with van der Waals surface area (Å²) >= 11 is 0. The number of piperidine rings is 1. The molecule has 0 radical (unpaired) electrons. The predicted molar refractivity (Wildman–Crippen MR) is 80.2 cm³/mol. The molecule has 2 atom stereocenters. The van der Waals surface area contributed by atoms with Crippen LogP contribution in [0.5, 0.6) is 0 Å². The highest BCUT2D eigenvalue weighted by Gasteiger charge is 2.26. The lowest BCUT2D eigenvalue weighted by Gasteiger charge is -2.28. The third-order valence-electron chi connectivity index (χ3n) is 4.77. The highest BCUT2D eigenvalue weighted by Crippen LogP contribution is 2.32. The van der Waals surface area contributed by atoms with Crippen molar-refractivity contribution < 1.29 is 0 Å². The Morgan fingerprint density at radius 3 is 2.79 bits per heavy atom. The van der Waals surface area contributed by atoms with E-state index in [-0.39, 0.29) is 0 Å². The third kappa shape index (κ3) is 3.37. The van der Waals surface area contributed by atoms with E-state index in [1.807, 2.05) is 0 Å². The van der Waals surface area contributed by atoms with Crippen molar-refractivity contribution in [3.8, 4) is 0 Å². The van der Waals surface area contributed by atoms with Crippen molar-refractivity contribution >= 4 is 0 Å². The van der Waals surface area contributed by atoms with Gasteiger partial charge < -0.3 is 5.32 Å². The molecule has 104 valence electrons. The maximum absolute atomic E-state index is 3.53. The fourth-order valence-corrected chi connectivity index (χ4v) is 3.67. The smallest absolute Gasteiger partial charge is 0.0348 e. The van der Waals surface area contributed by atoms with Crippen LogP contribution >= 0.6 is 0 Å². The van der Waals surface area contributed by atoms with Gasteiger partial charge in [0.25, 0.3) is 0 Å². The lowest BCUT2D eigenvalue weighted by atomic mass is 9.95. The van der Waals surface area contributed by atoms with Crippen LogP contribution in [0.4, 0.5) is 0 Å². The van der Waals surface area contributed by atoms with E-state index < -0.39 is 0 Å². The highest BCUT2D eigenvalue weighted by atomic mass is 15.2. The van der Waals surface area contributed by atoms with Crippen molar-refractivity contribution in [3.05, 3.63) is 35.9 Å². The minimum atomic E-state index is 0.678. The van der Waals surface area contributed by atoms with Gasteiger partial charge in [0.1, 0.15) is 0 Å². The molecule has 2 nitrogen and oxygen atoms in total. The maximum atomic E-state index is 3.53. The first-order valence-corrected chi connectivity index (χ1v) is 7.93. The molecule has 0 aliphatic carbocycles. The quantitative estimate of drug-likeness (QED) is 0.892. The second kappa shape index (κ2) is 6.53. The first-order valence-electron chi connectivity index (χ1n) is 7.93. The van der Waals surface area contributed by atoms with Gasteiger partial charge in [0, 0.05) is 6.04 Å². The summed E-state index contributed by atoms with van der Waals surface area (Å²) in [7, 11) is 0. The van der Waals surface area contributed by atoms with E-state index in [4.69, 9.17) is 0 Å². The number of benzene rings is 1. The van der Waals surface area contributed by atoms with Gasteiger partial charge in [-0.05, 0) is 69.8 Å². The van der Waals surface area contributed by atoms with Crippen molar-refractivity contribution in [2.45, 2.75) is 38.1 Å². The van der Waals surface area contributed by atoms with Gasteiger partial charge in [0.15, 0.2) is 0 Å². The molecule has 0 amide bonds. The Morgan fingerprint density at radius 1 is 1.11 bits per heavy atom. The average molecular weight is 258 g/mol. The Morgan fingerprint density at radius 2 is 2.00 bits per heavy atom. The minimum absolute atomic E-state index is 0.678. The molecule has 0 bridgehead atoms. The van der Waals surface area contributed by atoms with E-state index in [1.165, 1.54) is 63.8 Å². The van der Waals surface area contributed by atoms with Gasteiger partial charge in [-0.25, -0.2) is 0 Å². The second-order valence-corrected chi connectivity index (χ2v) is 6.11.